The van der Waals surface area contributed by atoms with Crippen molar-refractivity contribution in [3.63, 3.8) is 0 Å². The van der Waals surface area contributed by atoms with Crippen LogP contribution in [0.2, 0.25) is 0 Å². The number of rotatable bonds is 4. The van der Waals surface area contributed by atoms with Gasteiger partial charge in [-0.3, -0.25) is 4.72 Å². The van der Waals surface area contributed by atoms with Gasteiger partial charge in [0.15, 0.2) is 5.82 Å². The molecule has 0 amide bonds. The van der Waals surface area contributed by atoms with Gasteiger partial charge in [0.05, 0.1) is 12.4 Å². The van der Waals surface area contributed by atoms with Gasteiger partial charge >= 0.3 is 0 Å². The van der Waals surface area contributed by atoms with Gasteiger partial charge in [0.2, 0.25) is 10.0 Å². The fourth-order valence-corrected chi connectivity index (χ4v) is 2.47. The highest BCUT2D eigenvalue weighted by molar-refractivity contribution is 9.10. The van der Waals surface area contributed by atoms with E-state index >= 15 is 0 Å². The molecule has 9 heteroatoms. The quantitative estimate of drug-likeness (QED) is 0.910. The van der Waals surface area contributed by atoms with E-state index in [-0.39, 0.29) is 11.6 Å². The molecule has 0 bridgehead atoms. The van der Waals surface area contributed by atoms with Crippen molar-refractivity contribution >= 4 is 31.8 Å². The van der Waals surface area contributed by atoms with Crippen LogP contribution in [0, 0.1) is 6.92 Å². The van der Waals surface area contributed by atoms with E-state index in [2.05, 4.69) is 35.8 Å². The summed E-state index contributed by atoms with van der Waals surface area (Å²) in [6.45, 7) is 1.69. The van der Waals surface area contributed by atoms with E-state index in [1.165, 1.54) is 12.4 Å². The van der Waals surface area contributed by atoms with E-state index in [1.807, 2.05) is 0 Å². The van der Waals surface area contributed by atoms with Crippen LogP contribution in [0.1, 0.15) is 11.5 Å². The highest BCUT2D eigenvalue weighted by Gasteiger charge is 2.15. The minimum atomic E-state index is -3.58. The van der Waals surface area contributed by atoms with Crippen LogP contribution in [-0.2, 0) is 15.8 Å². The zero-order valence-corrected chi connectivity index (χ0v) is 11.7. The molecule has 0 atom stereocenters. The van der Waals surface area contributed by atoms with E-state index in [0.717, 1.165) is 0 Å². The third kappa shape index (κ3) is 3.50. The van der Waals surface area contributed by atoms with Gasteiger partial charge in [0.25, 0.3) is 0 Å². The molecule has 2 aromatic heterocycles. The number of anilines is 1. The van der Waals surface area contributed by atoms with Crippen LogP contribution in [0.3, 0.4) is 0 Å². The second-order valence-corrected chi connectivity index (χ2v) is 6.05. The predicted molar refractivity (Wildman–Crippen MR) is 67.2 cm³/mol. The lowest BCUT2D eigenvalue weighted by Crippen LogP contribution is -2.16. The first kappa shape index (κ1) is 13.0. The third-order valence-electron chi connectivity index (χ3n) is 1.90. The van der Waals surface area contributed by atoms with Crippen molar-refractivity contribution in [1.82, 2.24) is 15.1 Å². The molecule has 2 heterocycles. The smallest absolute Gasteiger partial charge is 0.239 e. The van der Waals surface area contributed by atoms with Crippen LogP contribution in [-0.4, -0.2) is 23.5 Å². The van der Waals surface area contributed by atoms with E-state index in [1.54, 1.807) is 13.0 Å². The summed E-state index contributed by atoms with van der Waals surface area (Å²) in [5.41, 5.74) is 0.338. The Hall–Kier alpha value is -1.48. The molecule has 0 saturated heterocycles. The second kappa shape index (κ2) is 5.02. The number of hydrogen-bond donors (Lipinski definition) is 1. The molecule has 0 aliphatic rings. The van der Waals surface area contributed by atoms with Crippen LogP contribution in [0.15, 0.2) is 27.6 Å². The minimum Gasteiger partial charge on any atom is -0.361 e. The molecule has 7 nitrogen and oxygen atoms in total. The summed E-state index contributed by atoms with van der Waals surface area (Å²) >= 11 is 3.11. The standard InChI is InChI=1S/C9H9BrN4O3S/c1-6-2-7(13-17-6)5-18(15,16)14-9-4-11-8(10)3-12-9/h2-4H,5H2,1H3,(H,12,14). The average molecular weight is 333 g/mol. The Kier molecular flexibility index (Phi) is 3.62. The number of aryl methyl sites for hydroxylation is 1. The number of aromatic nitrogens is 3. The summed E-state index contributed by atoms with van der Waals surface area (Å²) in [6, 6.07) is 1.56. The second-order valence-electron chi connectivity index (χ2n) is 3.51. The van der Waals surface area contributed by atoms with Gasteiger partial charge in [-0.05, 0) is 22.9 Å². The molecule has 0 aliphatic heterocycles. The zero-order valence-electron chi connectivity index (χ0n) is 9.29. The minimum absolute atomic E-state index is 0.151. The lowest BCUT2D eigenvalue weighted by Gasteiger charge is -2.04. The molecule has 0 saturated carbocycles. The molecule has 2 rings (SSSR count). The van der Waals surface area contributed by atoms with Crippen LogP contribution in [0.25, 0.3) is 0 Å². The molecule has 2 aromatic rings. The maximum Gasteiger partial charge on any atom is 0.239 e. The number of halogens is 1. The van der Waals surface area contributed by atoms with Crippen LogP contribution < -0.4 is 4.72 Å². The van der Waals surface area contributed by atoms with Crippen LogP contribution in [0.4, 0.5) is 5.82 Å². The first-order chi connectivity index (χ1) is 8.44. The number of hydrogen-bond acceptors (Lipinski definition) is 6. The van der Waals surface area contributed by atoms with E-state index in [4.69, 9.17) is 4.52 Å². The summed E-state index contributed by atoms with van der Waals surface area (Å²) in [7, 11) is -3.58. The maximum atomic E-state index is 11.8. The Balaban J connectivity index is 2.10. The molecule has 0 unspecified atom stereocenters. The van der Waals surface area contributed by atoms with Crippen molar-refractivity contribution in [3.8, 4) is 0 Å². The monoisotopic (exact) mass is 332 g/mol. The van der Waals surface area contributed by atoms with E-state index in [9.17, 15) is 8.42 Å². The molecule has 96 valence electrons. The van der Waals surface area contributed by atoms with Gasteiger partial charge in [-0.2, -0.15) is 0 Å². The van der Waals surface area contributed by atoms with Gasteiger partial charge in [-0.25, -0.2) is 18.4 Å². The highest BCUT2D eigenvalue weighted by Crippen LogP contribution is 2.11. The summed E-state index contributed by atoms with van der Waals surface area (Å²) in [5, 5.41) is 3.62. The van der Waals surface area contributed by atoms with Gasteiger partial charge in [-0.15, -0.1) is 0 Å². The molecule has 0 radical (unpaired) electrons. The van der Waals surface area contributed by atoms with Crippen molar-refractivity contribution in [1.29, 1.82) is 0 Å². The van der Waals surface area contributed by atoms with E-state index in [0.29, 0.717) is 16.1 Å². The van der Waals surface area contributed by atoms with Crippen LogP contribution >= 0.6 is 15.9 Å². The molecular weight excluding hydrogens is 324 g/mol. The lowest BCUT2D eigenvalue weighted by atomic mass is 10.4. The molecule has 0 aliphatic carbocycles. The highest BCUT2D eigenvalue weighted by atomic mass is 79.9. The average Bonchev–Trinajstić information content (AvgIpc) is 2.66. The lowest BCUT2D eigenvalue weighted by molar-refractivity contribution is 0.392. The van der Waals surface area contributed by atoms with E-state index < -0.39 is 10.0 Å². The first-order valence-corrected chi connectivity index (χ1v) is 7.29. The Morgan fingerprint density at radius 3 is 2.72 bits per heavy atom. The fourth-order valence-electron chi connectivity index (χ4n) is 1.24. The Labute approximate surface area is 112 Å². The topological polar surface area (TPSA) is 98.0 Å². The molecule has 0 fully saturated rings. The first-order valence-electron chi connectivity index (χ1n) is 4.85. The van der Waals surface area contributed by atoms with Gasteiger partial charge in [-0.1, -0.05) is 5.16 Å². The normalized spacial score (nSPS) is 11.4. The molecule has 1 N–H and O–H groups in total. The zero-order chi connectivity index (χ0) is 13.2. The molecule has 0 spiro atoms. The fraction of sp³-hybridized carbons (Fsp3) is 0.222. The maximum absolute atomic E-state index is 11.8. The van der Waals surface area contributed by atoms with Gasteiger partial charge in [0.1, 0.15) is 21.8 Å². The third-order valence-corrected chi connectivity index (χ3v) is 3.50. The molecule has 18 heavy (non-hydrogen) atoms. The Morgan fingerprint density at radius 2 is 2.17 bits per heavy atom. The number of sulfonamides is 1. The summed E-state index contributed by atoms with van der Waals surface area (Å²) < 4.78 is 31.2. The van der Waals surface area contributed by atoms with Crippen molar-refractivity contribution in [3.05, 3.63) is 34.5 Å². The Bertz CT molecular complexity index is 638. The Morgan fingerprint density at radius 1 is 1.39 bits per heavy atom. The van der Waals surface area contributed by atoms with Gasteiger partial charge < -0.3 is 4.52 Å². The predicted octanol–water partition coefficient (Wildman–Crippen LogP) is 1.48. The summed E-state index contributed by atoms with van der Waals surface area (Å²) in [5.74, 6) is 0.435. The SMILES string of the molecule is Cc1cc(CS(=O)(=O)Nc2cnc(Br)cn2)no1. The summed E-state index contributed by atoms with van der Waals surface area (Å²) in [6.07, 6.45) is 2.72. The van der Waals surface area contributed by atoms with Gasteiger partial charge in [0, 0.05) is 6.07 Å². The molecule has 0 aromatic carbocycles. The van der Waals surface area contributed by atoms with Crippen molar-refractivity contribution < 1.29 is 12.9 Å². The number of nitrogens with one attached hydrogen (secondary N) is 1. The van der Waals surface area contributed by atoms with Crippen molar-refractivity contribution in [2.75, 3.05) is 4.72 Å². The molecular formula is C9H9BrN4O3S. The summed E-state index contributed by atoms with van der Waals surface area (Å²) in [4.78, 5) is 7.73. The van der Waals surface area contributed by atoms with Crippen molar-refractivity contribution in [2.45, 2.75) is 12.7 Å². The van der Waals surface area contributed by atoms with Crippen molar-refractivity contribution in [2.24, 2.45) is 0 Å². The van der Waals surface area contributed by atoms with Crippen LogP contribution in [0.5, 0.6) is 0 Å². The number of nitrogens with zero attached hydrogens (tertiary/aromatic N) is 3. The largest absolute Gasteiger partial charge is 0.361 e.